The Kier molecular flexibility index (Phi) is 9.83. The number of rotatable bonds is 6. The lowest BCUT2D eigenvalue weighted by Crippen LogP contribution is -2.09. The van der Waals surface area contributed by atoms with Gasteiger partial charge in [0.25, 0.3) is 0 Å². The molecule has 4 heteroatoms. The molecule has 0 amide bonds. The van der Waals surface area contributed by atoms with Gasteiger partial charge in [0.1, 0.15) is 11.5 Å². The fraction of sp³-hybridized carbons (Fsp3) is 0.438. The average molecular weight is 280 g/mol. The molecule has 1 rings (SSSR count). The maximum Gasteiger partial charge on any atom is 0.333 e. The normalized spacial score (nSPS) is 9.15. The maximum absolute atomic E-state index is 11.0. The van der Waals surface area contributed by atoms with E-state index in [1.165, 1.54) is 6.42 Å². The predicted molar refractivity (Wildman–Crippen MR) is 80.0 cm³/mol. The van der Waals surface area contributed by atoms with Crippen molar-refractivity contribution in [3.63, 3.8) is 0 Å². The van der Waals surface area contributed by atoms with Crippen molar-refractivity contribution < 1.29 is 19.4 Å². The Morgan fingerprint density at radius 2 is 1.75 bits per heavy atom. The molecule has 0 heterocycles. The summed E-state index contributed by atoms with van der Waals surface area (Å²) in [6.45, 7) is 10.1. The number of ether oxygens (including phenoxy) is 2. The maximum atomic E-state index is 11.0. The first kappa shape index (κ1) is 18.0. The quantitative estimate of drug-likeness (QED) is 0.490. The number of carbonyl (C=O) groups is 1. The molecule has 0 unspecified atom stereocenters. The topological polar surface area (TPSA) is 55.8 Å². The van der Waals surface area contributed by atoms with Crippen LogP contribution in [0.3, 0.4) is 0 Å². The summed E-state index contributed by atoms with van der Waals surface area (Å²) < 4.78 is 10.3. The average Bonchev–Trinajstić information content (AvgIpc) is 2.41. The Balaban J connectivity index is 0.00000110. The number of phenolic OH excluding ortho intramolecular Hbond substituents is 1. The minimum atomic E-state index is -0.380. The SMILES string of the molecule is C=C(C)C(=O)OCCCOc1ccc(O)cc1.CCC. The lowest BCUT2D eigenvalue weighted by Gasteiger charge is -2.07. The molecular weight excluding hydrogens is 256 g/mol. The molecular formula is C16H24O4. The summed E-state index contributed by atoms with van der Waals surface area (Å²) in [5.41, 5.74) is 0.393. The van der Waals surface area contributed by atoms with Gasteiger partial charge in [-0.3, -0.25) is 0 Å². The summed E-state index contributed by atoms with van der Waals surface area (Å²) in [5.74, 6) is 0.497. The molecule has 1 N–H and O–H groups in total. The Hall–Kier alpha value is -1.97. The van der Waals surface area contributed by atoms with E-state index in [1.807, 2.05) is 0 Å². The monoisotopic (exact) mass is 280 g/mol. The van der Waals surface area contributed by atoms with Gasteiger partial charge in [0, 0.05) is 12.0 Å². The van der Waals surface area contributed by atoms with Gasteiger partial charge in [0.05, 0.1) is 13.2 Å². The molecule has 0 aliphatic heterocycles. The molecule has 20 heavy (non-hydrogen) atoms. The van der Waals surface area contributed by atoms with Crippen molar-refractivity contribution in [2.24, 2.45) is 0 Å². The zero-order chi connectivity index (χ0) is 15.4. The summed E-state index contributed by atoms with van der Waals surface area (Å²) >= 11 is 0. The molecule has 0 saturated heterocycles. The second-order valence-electron chi connectivity index (χ2n) is 4.32. The summed E-state index contributed by atoms with van der Waals surface area (Å²) in [4.78, 5) is 11.0. The van der Waals surface area contributed by atoms with E-state index < -0.39 is 0 Å². The van der Waals surface area contributed by atoms with E-state index in [0.717, 1.165) is 0 Å². The van der Waals surface area contributed by atoms with Crippen LogP contribution in [0.15, 0.2) is 36.4 Å². The van der Waals surface area contributed by atoms with E-state index in [4.69, 9.17) is 14.6 Å². The number of carbonyl (C=O) groups excluding carboxylic acids is 1. The van der Waals surface area contributed by atoms with E-state index in [2.05, 4.69) is 20.4 Å². The van der Waals surface area contributed by atoms with Gasteiger partial charge in [-0.15, -0.1) is 0 Å². The van der Waals surface area contributed by atoms with Crippen molar-refractivity contribution in [1.29, 1.82) is 0 Å². The summed E-state index contributed by atoms with van der Waals surface area (Å²) in [7, 11) is 0. The van der Waals surface area contributed by atoms with Crippen molar-refractivity contribution in [2.45, 2.75) is 33.6 Å². The highest BCUT2D eigenvalue weighted by Crippen LogP contribution is 2.15. The van der Waals surface area contributed by atoms with Crippen LogP contribution in [0.2, 0.25) is 0 Å². The Morgan fingerprint density at radius 1 is 1.20 bits per heavy atom. The third kappa shape index (κ3) is 9.03. The first-order chi connectivity index (χ1) is 9.51. The first-order valence-corrected chi connectivity index (χ1v) is 6.75. The van der Waals surface area contributed by atoms with Gasteiger partial charge in [-0.25, -0.2) is 4.79 Å². The molecule has 0 spiro atoms. The molecule has 1 aromatic rings. The first-order valence-electron chi connectivity index (χ1n) is 6.75. The highest BCUT2D eigenvalue weighted by molar-refractivity contribution is 5.86. The van der Waals surface area contributed by atoms with E-state index >= 15 is 0 Å². The molecule has 0 saturated carbocycles. The van der Waals surface area contributed by atoms with E-state index in [0.29, 0.717) is 31.0 Å². The Labute approximate surface area is 121 Å². The predicted octanol–water partition coefficient (Wildman–Crippen LogP) is 3.70. The molecule has 0 bridgehead atoms. The summed E-state index contributed by atoms with van der Waals surface area (Å²) in [5, 5.41) is 9.06. The Morgan fingerprint density at radius 3 is 2.25 bits per heavy atom. The van der Waals surface area contributed by atoms with Crippen molar-refractivity contribution in [1.82, 2.24) is 0 Å². The van der Waals surface area contributed by atoms with Gasteiger partial charge < -0.3 is 14.6 Å². The zero-order valence-electron chi connectivity index (χ0n) is 12.5. The third-order valence-corrected chi connectivity index (χ3v) is 1.98. The van der Waals surface area contributed by atoms with Crippen LogP contribution in [0.1, 0.15) is 33.6 Å². The minimum Gasteiger partial charge on any atom is -0.508 e. The van der Waals surface area contributed by atoms with Crippen molar-refractivity contribution in [3.05, 3.63) is 36.4 Å². The fourth-order valence-electron chi connectivity index (χ4n) is 1.08. The standard InChI is InChI=1S/C13H16O4.C3H8/c1-10(2)13(15)17-9-3-8-16-12-6-4-11(14)5-7-12;1-3-2/h4-7,14H,1,3,8-9H2,2H3;3H2,1-2H3. The second-order valence-corrected chi connectivity index (χ2v) is 4.32. The second kappa shape index (κ2) is 10.9. The van der Waals surface area contributed by atoms with E-state index in [9.17, 15) is 4.79 Å². The third-order valence-electron chi connectivity index (χ3n) is 1.98. The highest BCUT2D eigenvalue weighted by atomic mass is 16.5. The number of hydrogen-bond acceptors (Lipinski definition) is 4. The molecule has 0 fully saturated rings. The molecule has 0 aliphatic rings. The van der Waals surface area contributed by atoms with Gasteiger partial charge in [-0.05, 0) is 31.2 Å². The summed E-state index contributed by atoms with van der Waals surface area (Å²) in [6, 6.07) is 6.46. The largest absolute Gasteiger partial charge is 0.508 e. The van der Waals surface area contributed by atoms with Crippen LogP contribution >= 0.6 is 0 Å². The number of phenols is 1. The summed E-state index contributed by atoms with van der Waals surface area (Å²) in [6.07, 6.45) is 1.86. The van der Waals surface area contributed by atoms with Crippen LogP contribution in [0.5, 0.6) is 11.5 Å². The van der Waals surface area contributed by atoms with Crippen LogP contribution in [0.4, 0.5) is 0 Å². The lowest BCUT2D eigenvalue weighted by atomic mass is 10.3. The minimum absolute atomic E-state index is 0.202. The molecule has 0 aromatic heterocycles. The van der Waals surface area contributed by atoms with Gasteiger partial charge in [-0.1, -0.05) is 26.8 Å². The Bertz CT molecular complexity index is 395. The van der Waals surface area contributed by atoms with Crippen LogP contribution in [-0.4, -0.2) is 24.3 Å². The van der Waals surface area contributed by atoms with E-state index in [1.54, 1.807) is 31.2 Å². The number of esters is 1. The zero-order valence-corrected chi connectivity index (χ0v) is 12.5. The number of aromatic hydroxyl groups is 1. The van der Waals surface area contributed by atoms with Crippen LogP contribution in [-0.2, 0) is 9.53 Å². The van der Waals surface area contributed by atoms with Gasteiger partial charge in [-0.2, -0.15) is 0 Å². The lowest BCUT2D eigenvalue weighted by molar-refractivity contribution is -0.139. The van der Waals surface area contributed by atoms with Gasteiger partial charge >= 0.3 is 5.97 Å². The van der Waals surface area contributed by atoms with Gasteiger partial charge in [0.2, 0.25) is 0 Å². The molecule has 1 aromatic carbocycles. The number of hydrogen-bond donors (Lipinski definition) is 1. The van der Waals surface area contributed by atoms with Crippen molar-refractivity contribution in [3.8, 4) is 11.5 Å². The molecule has 0 atom stereocenters. The molecule has 0 aliphatic carbocycles. The molecule has 0 radical (unpaired) electrons. The van der Waals surface area contributed by atoms with Crippen LogP contribution < -0.4 is 4.74 Å². The molecule has 4 nitrogen and oxygen atoms in total. The van der Waals surface area contributed by atoms with E-state index in [-0.39, 0.29) is 11.7 Å². The van der Waals surface area contributed by atoms with Crippen molar-refractivity contribution >= 4 is 5.97 Å². The van der Waals surface area contributed by atoms with Crippen LogP contribution in [0.25, 0.3) is 0 Å². The number of benzene rings is 1. The highest BCUT2D eigenvalue weighted by Gasteiger charge is 2.02. The smallest absolute Gasteiger partial charge is 0.333 e. The van der Waals surface area contributed by atoms with Crippen LogP contribution in [0, 0.1) is 0 Å². The van der Waals surface area contributed by atoms with Crippen molar-refractivity contribution in [2.75, 3.05) is 13.2 Å². The van der Waals surface area contributed by atoms with Gasteiger partial charge in [0.15, 0.2) is 0 Å². The fourth-order valence-corrected chi connectivity index (χ4v) is 1.08. The molecule has 112 valence electrons.